The largest absolute Gasteiger partial charge is 0.403 e. The molecule has 2 aromatic carbocycles. The number of carbonyl (C=O) groups is 3. The van der Waals surface area contributed by atoms with Gasteiger partial charge in [-0.05, 0) is 60.4 Å². The lowest BCUT2D eigenvalue weighted by molar-refractivity contribution is -0.205. The van der Waals surface area contributed by atoms with Gasteiger partial charge in [-0.3, -0.25) is 19.1 Å². The summed E-state index contributed by atoms with van der Waals surface area (Å²) in [7, 11) is 0. The van der Waals surface area contributed by atoms with E-state index in [1.54, 1.807) is 46.1 Å². The zero-order valence-electron chi connectivity index (χ0n) is 28.3. The highest BCUT2D eigenvalue weighted by atomic mass is 19.4. The third kappa shape index (κ3) is 6.79. The molecule has 2 aliphatic heterocycles. The Morgan fingerprint density at radius 1 is 0.942 bits per heavy atom. The SMILES string of the molecule is NC(=O)c1c(COCC2CN(C(=O)c3cnn(Cc4ccc(F)cc4)c3)CC23CN(C(=O)C2(C(F)(F)F)CC2)C3)cccc1C1CCC(F)(F)CC1. The predicted octanol–water partition coefficient (Wildman–Crippen LogP) is 5.92. The summed E-state index contributed by atoms with van der Waals surface area (Å²) in [4.78, 5) is 42.3. The van der Waals surface area contributed by atoms with E-state index in [1.807, 2.05) is 0 Å². The second-order valence-corrected chi connectivity index (χ2v) is 14.9. The molecule has 15 heteroatoms. The number of hydrogen-bond donors (Lipinski definition) is 1. The number of primary amides is 1. The first-order valence-electron chi connectivity index (χ1n) is 17.4. The topological polar surface area (TPSA) is 111 Å². The van der Waals surface area contributed by atoms with Crippen molar-refractivity contribution in [2.24, 2.45) is 22.5 Å². The Bertz CT molecular complexity index is 1840. The first-order chi connectivity index (χ1) is 24.6. The molecule has 1 atom stereocenters. The minimum Gasteiger partial charge on any atom is -0.376 e. The minimum atomic E-state index is -4.65. The summed E-state index contributed by atoms with van der Waals surface area (Å²) in [5.41, 5.74) is 5.11. The van der Waals surface area contributed by atoms with Gasteiger partial charge in [-0.1, -0.05) is 30.3 Å². The molecule has 3 amide bonds. The van der Waals surface area contributed by atoms with E-state index >= 15 is 0 Å². The van der Waals surface area contributed by atoms with Crippen LogP contribution < -0.4 is 5.73 Å². The van der Waals surface area contributed by atoms with Crippen molar-refractivity contribution >= 4 is 17.7 Å². The van der Waals surface area contributed by atoms with E-state index in [-0.39, 0.29) is 107 Å². The van der Waals surface area contributed by atoms with Crippen molar-refractivity contribution < 1.29 is 45.5 Å². The molecule has 1 spiro atoms. The first-order valence-corrected chi connectivity index (χ1v) is 17.4. The molecule has 9 nitrogen and oxygen atoms in total. The van der Waals surface area contributed by atoms with Crippen LogP contribution >= 0.6 is 0 Å². The van der Waals surface area contributed by atoms with Gasteiger partial charge >= 0.3 is 6.18 Å². The van der Waals surface area contributed by atoms with E-state index in [4.69, 9.17) is 10.5 Å². The maximum absolute atomic E-state index is 13.9. The highest BCUT2D eigenvalue weighted by Crippen LogP contribution is 2.60. The zero-order valence-corrected chi connectivity index (χ0v) is 28.3. The lowest BCUT2D eigenvalue weighted by Gasteiger charge is -2.51. The van der Waals surface area contributed by atoms with Crippen LogP contribution in [0, 0.1) is 22.6 Å². The zero-order chi connectivity index (χ0) is 37.1. The molecule has 3 aromatic rings. The average Bonchev–Trinajstić information content (AvgIpc) is 3.64. The number of hydrogen-bond acceptors (Lipinski definition) is 5. The van der Waals surface area contributed by atoms with Gasteiger partial charge in [0.25, 0.3) is 5.91 Å². The smallest absolute Gasteiger partial charge is 0.376 e. The van der Waals surface area contributed by atoms with E-state index in [1.165, 1.54) is 23.2 Å². The number of benzene rings is 2. The molecule has 7 rings (SSSR count). The number of carbonyl (C=O) groups excluding carboxylic acids is 3. The Kier molecular flexibility index (Phi) is 9.15. The molecule has 4 fully saturated rings. The Morgan fingerprint density at radius 2 is 1.62 bits per heavy atom. The van der Waals surface area contributed by atoms with Crippen molar-refractivity contribution in [1.82, 2.24) is 19.6 Å². The Labute approximate surface area is 296 Å². The quantitative estimate of drug-likeness (QED) is 0.261. The van der Waals surface area contributed by atoms with Crippen LogP contribution in [0.4, 0.5) is 26.3 Å². The molecular weight excluding hydrogens is 692 g/mol. The molecule has 52 heavy (non-hydrogen) atoms. The van der Waals surface area contributed by atoms with Crippen LogP contribution in [0.2, 0.25) is 0 Å². The Balaban J connectivity index is 1.06. The summed E-state index contributed by atoms with van der Waals surface area (Å²) in [6.45, 7) is 0.754. The van der Waals surface area contributed by atoms with Gasteiger partial charge in [0.15, 0.2) is 0 Å². The summed E-state index contributed by atoms with van der Waals surface area (Å²) in [6.07, 6.45) is -2.29. The number of nitrogens with zero attached hydrogens (tertiary/aromatic N) is 4. The molecule has 3 heterocycles. The molecule has 1 unspecified atom stereocenters. The van der Waals surface area contributed by atoms with Gasteiger partial charge in [0.05, 0.1) is 31.5 Å². The van der Waals surface area contributed by atoms with E-state index in [2.05, 4.69) is 5.10 Å². The molecule has 2 saturated heterocycles. The molecule has 1 aromatic heterocycles. The Hall–Kier alpha value is -4.40. The van der Waals surface area contributed by atoms with E-state index < -0.39 is 34.7 Å². The van der Waals surface area contributed by atoms with E-state index in [0.717, 1.165) is 5.56 Å². The van der Waals surface area contributed by atoms with Gasteiger partial charge in [0, 0.05) is 62.1 Å². The van der Waals surface area contributed by atoms with Crippen molar-refractivity contribution in [3.63, 3.8) is 0 Å². The normalized spacial score (nSPS) is 22.0. The highest BCUT2D eigenvalue weighted by molar-refractivity contribution is 5.96. The fourth-order valence-corrected chi connectivity index (χ4v) is 8.24. The van der Waals surface area contributed by atoms with Crippen molar-refractivity contribution in [2.75, 3.05) is 32.8 Å². The molecule has 4 aliphatic rings. The first kappa shape index (κ1) is 36.0. The van der Waals surface area contributed by atoms with Crippen LogP contribution in [0.25, 0.3) is 0 Å². The molecule has 278 valence electrons. The highest BCUT2D eigenvalue weighted by Gasteiger charge is 2.71. The molecule has 2 N–H and O–H groups in total. The van der Waals surface area contributed by atoms with Gasteiger partial charge < -0.3 is 20.3 Å². The number of likely N-dealkylation sites (tertiary alicyclic amines) is 2. The van der Waals surface area contributed by atoms with E-state index in [9.17, 15) is 40.7 Å². The fourth-order valence-electron chi connectivity index (χ4n) is 8.24. The van der Waals surface area contributed by atoms with Crippen LogP contribution in [0.3, 0.4) is 0 Å². The van der Waals surface area contributed by atoms with Crippen LogP contribution in [-0.2, 0) is 22.7 Å². The summed E-state index contributed by atoms with van der Waals surface area (Å²) < 4.78 is 90.2. The van der Waals surface area contributed by atoms with Crippen molar-refractivity contribution in [3.05, 3.63) is 88.5 Å². The van der Waals surface area contributed by atoms with Crippen LogP contribution in [0.1, 0.15) is 81.8 Å². The summed E-state index contributed by atoms with van der Waals surface area (Å²) in [5.74, 6) is -5.73. The Morgan fingerprint density at radius 3 is 2.25 bits per heavy atom. The summed E-state index contributed by atoms with van der Waals surface area (Å²) in [5, 5.41) is 4.28. The van der Waals surface area contributed by atoms with Crippen molar-refractivity contribution in [1.29, 1.82) is 0 Å². The third-order valence-corrected chi connectivity index (χ3v) is 11.4. The predicted molar refractivity (Wildman–Crippen MR) is 175 cm³/mol. The number of halogens is 6. The van der Waals surface area contributed by atoms with Crippen molar-refractivity contribution in [3.8, 4) is 0 Å². The van der Waals surface area contributed by atoms with Crippen molar-refractivity contribution in [2.45, 2.75) is 69.7 Å². The number of ether oxygens (including phenoxy) is 1. The molecular formula is C37H39F6N5O4. The molecule has 0 radical (unpaired) electrons. The number of alkyl halides is 5. The average molecular weight is 732 g/mol. The lowest BCUT2D eigenvalue weighted by atomic mass is 9.71. The number of aromatic nitrogens is 2. The maximum atomic E-state index is 13.9. The van der Waals surface area contributed by atoms with Gasteiger partial charge in [0.1, 0.15) is 11.2 Å². The molecule has 2 saturated carbocycles. The number of rotatable bonds is 10. The fraction of sp³-hybridized carbons (Fsp3) is 0.514. The molecule has 0 bridgehead atoms. The van der Waals surface area contributed by atoms with Crippen LogP contribution in [-0.4, -0.2) is 82.2 Å². The second-order valence-electron chi connectivity index (χ2n) is 14.9. The lowest BCUT2D eigenvalue weighted by Crippen LogP contribution is -2.65. The minimum absolute atomic E-state index is 0.0274. The third-order valence-electron chi connectivity index (χ3n) is 11.4. The number of amides is 3. The molecule has 2 aliphatic carbocycles. The van der Waals surface area contributed by atoms with Crippen LogP contribution in [0.5, 0.6) is 0 Å². The summed E-state index contributed by atoms with van der Waals surface area (Å²) in [6, 6.07) is 11.0. The van der Waals surface area contributed by atoms with Gasteiger partial charge in [0.2, 0.25) is 17.7 Å². The second kappa shape index (κ2) is 13.2. The standard InChI is InChI=1S/C37H39F6N5O4/c38-28-6-4-23(5-7-28)15-48-16-26(14-45-48)32(50)46-17-27(34(20-46)21-47(22-34)33(51)35(12-13-35)37(41,42)43)19-52-18-25-2-1-3-29(30(25)31(44)49)24-8-10-36(39,40)11-9-24/h1-7,14,16,24,27H,8-13,15,17-22H2,(H2,44,49). The summed E-state index contributed by atoms with van der Waals surface area (Å²) >= 11 is 0. The van der Waals surface area contributed by atoms with E-state index in [0.29, 0.717) is 23.2 Å². The van der Waals surface area contributed by atoms with Gasteiger partial charge in [-0.2, -0.15) is 18.3 Å². The van der Waals surface area contributed by atoms with Gasteiger partial charge in [-0.15, -0.1) is 0 Å². The number of nitrogens with two attached hydrogens (primary N) is 1. The monoisotopic (exact) mass is 731 g/mol. The van der Waals surface area contributed by atoms with Gasteiger partial charge in [-0.25, -0.2) is 13.2 Å². The van der Waals surface area contributed by atoms with Crippen LogP contribution in [0.15, 0.2) is 54.9 Å². The maximum Gasteiger partial charge on any atom is 0.403 e.